The molecule has 1 unspecified atom stereocenters. The number of aromatic nitrogens is 2. The summed E-state index contributed by atoms with van der Waals surface area (Å²) in [5, 5.41) is 59.9. The molecule has 8 rings (SSSR count). The molecule has 0 saturated carbocycles. The molecule has 0 aliphatic carbocycles. The van der Waals surface area contributed by atoms with Crippen LogP contribution in [0.2, 0.25) is 0 Å². The average molecular weight is 1910 g/mol. The summed E-state index contributed by atoms with van der Waals surface area (Å²) < 4.78 is 41.7. The summed E-state index contributed by atoms with van der Waals surface area (Å²) >= 11 is 0.669. The lowest BCUT2D eigenvalue weighted by molar-refractivity contribution is -0.149. The second-order valence-electron chi connectivity index (χ2n) is 34.5. The van der Waals surface area contributed by atoms with E-state index in [1.54, 1.807) is 81.7 Å². The highest BCUT2D eigenvalue weighted by atomic mass is 32.2. The first-order valence-corrected chi connectivity index (χ1v) is 46.0. The standard InChI is InChI=1S/C89H126F3N23O19S/c1-9-11-24-67-80(127)103-58(23-17-31-98-88(96)97)76(123)110-66(75(122)101-42-72(95)119)45-135-46-73(120)102-61(34-49-27-29-52(30-28-49)89(90,91)92)83(130)111(6)48(5)74(121)105-63(38-71(94)118)85(132)114-32-18-26-68(114)81(128)108-64(39-93)78(125)106-60(33-47(3)4)86(133)115-43-53(117)37-70(115)82(129)104-59(35-50-40-99-56-21-15-13-19-54(50)56)77(124)109-65(44-116)79(126)107-62(36-51-41-100-57-22-16-14-20-55(51)57)84(131)113(8)69(25-12-10-2)87(134)112(67)7/h13-16,19-22,27-30,40-41,47-48,53,58-70,99-100,116-117H,9-12,17-18,23-26,31-39,42-46,93H2,1-8H3,(H2,94,118)(H2,95,119)(H,101,122)(H,102,120)(H,103,127)(H,104,129)(H,105,121)(H,106,125)(H,107,126)(H,108,128)(H,109,124)(H,110,123)(H4,96,97,98)/t48-,53+,58-,59-,60-,61-,62-,63-,64-,65-,66-,67-,68-,69-,70?/m0/s1. The number of nitrogens with two attached hydrogens (primary N) is 4. The lowest BCUT2D eigenvalue weighted by Gasteiger charge is -2.36. The van der Waals surface area contributed by atoms with Gasteiger partial charge in [-0.1, -0.05) is 102 Å². The van der Waals surface area contributed by atoms with E-state index in [9.17, 15) is 71.3 Å². The largest absolute Gasteiger partial charge is 0.416 e. The van der Waals surface area contributed by atoms with Crippen LogP contribution in [0.4, 0.5) is 13.2 Å². The minimum absolute atomic E-state index is 0.00559. The topological polar surface area (TPSA) is 639 Å². The molecule has 0 bridgehead atoms. The number of halogens is 3. The highest BCUT2D eigenvalue weighted by molar-refractivity contribution is 8.00. The number of para-hydroxylation sites is 2. The quantitative estimate of drug-likeness (QED) is 0.0162. The molecule has 3 saturated heterocycles. The van der Waals surface area contributed by atoms with Gasteiger partial charge in [0.25, 0.3) is 0 Å². The van der Waals surface area contributed by atoms with Gasteiger partial charge in [-0.25, -0.2) is 0 Å². The molecule has 42 nitrogen and oxygen atoms in total. The number of benzene rings is 3. The van der Waals surface area contributed by atoms with E-state index in [2.05, 4.69) is 68.5 Å². The number of hydrogen-bond donors (Lipinski definition) is 20. The number of nitrogens with one attached hydrogen (secondary N) is 14. The molecular formula is C89H126F3N23O19S. The Balaban J connectivity index is 1.20. The van der Waals surface area contributed by atoms with Crippen LogP contribution in [0.15, 0.2) is 85.2 Å². The number of carbonyl (C=O) groups excluding carboxylic acids is 17. The molecule has 5 aromatic rings. The second kappa shape index (κ2) is 50.4. The maximum atomic E-state index is 15.7. The predicted molar refractivity (Wildman–Crippen MR) is 490 cm³/mol. The molecule has 24 N–H and O–H groups in total. The van der Waals surface area contributed by atoms with Crippen LogP contribution >= 0.6 is 11.8 Å². The van der Waals surface area contributed by atoms with Crippen molar-refractivity contribution < 1.29 is 105 Å². The van der Waals surface area contributed by atoms with E-state index in [-0.39, 0.29) is 82.4 Å². The molecule has 3 aliphatic heterocycles. The van der Waals surface area contributed by atoms with Gasteiger partial charge in [0.15, 0.2) is 5.96 Å². The van der Waals surface area contributed by atoms with Gasteiger partial charge in [0.2, 0.25) is 100 Å². The monoisotopic (exact) mass is 1910 g/mol. The number of H-pyrrole nitrogens is 2. The summed E-state index contributed by atoms with van der Waals surface area (Å²) in [6.45, 7) is 5.01. The molecule has 3 fully saturated rings. The number of fused-ring (bicyclic) bond motifs is 4. The zero-order chi connectivity index (χ0) is 99.4. The fourth-order valence-electron chi connectivity index (χ4n) is 16.4. The molecule has 46 heteroatoms. The van der Waals surface area contributed by atoms with Crippen molar-refractivity contribution in [3.63, 3.8) is 0 Å². The van der Waals surface area contributed by atoms with E-state index in [0.717, 1.165) is 55.8 Å². The first-order valence-electron chi connectivity index (χ1n) is 44.9. The third-order valence-corrected chi connectivity index (χ3v) is 25.0. The number of unbranched alkanes of at least 4 members (excludes halogenated alkanes) is 2. The number of aromatic amines is 2. The molecule has 17 amide bonds. The van der Waals surface area contributed by atoms with Crippen LogP contribution in [0.3, 0.4) is 0 Å². The van der Waals surface area contributed by atoms with Gasteiger partial charge in [0, 0.05) is 113 Å². The number of thioether (sulfide) groups is 1. The fraction of sp³-hybridized carbons (Fsp3) is 0.551. The predicted octanol–water partition coefficient (Wildman–Crippen LogP) is -2.62. The number of guanidine groups is 1. The van der Waals surface area contributed by atoms with E-state index in [1.165, 1.54) is 21.0 Å². The third-order valence-electron chi connectivity index (χ3n) is 23.9. The molecule has 15 atom stereocenters. The minimum atomic E-state index is -4.81. The van der Waals surface area contributed by atoms with Gasteiger partial charge in [-0.3, -0.25) is 86.9 Å². The van der Waals surface area contributed by atoms with Crippen LogP contribution in [0, 0.1) is 11.3 Å². The minimum Gasteiger partial charge on any atom is -0.394 e. The maximum Gasteiger partial charge on any atom is 0.416 e. The number of alkyl halides is 3. The SMILES string of the molecule is CCCC[C@H]1C(=O)N(C)[C@@H](CCCC)C(=O)N[C@@H](CCCNC(=N)N)C(=O)N[C@H](C(=O)NCC(N)=O)CSCC(=O)N[C@@H](Cc2ccc(C(F)(F)F)cc2)C(=O)N(C)[C@@H](C)C(=O)N[C@@H](CC(N)=O)C(=O)N2CCC[C@H]2C(=O)N[C@@H](CN)C(=O)N[C@@H](CC(C)C)C(=O)N2C[C@H](O)CC2C(=O)N[C@@H](Cc2c[nH]c3ccccc23)C(=O)N[C@@H](CO)C(=O)N[C@@H](Cc2c[nH]c3ccccc23)C(=O)N1C. The van der Waals surface area contributed by atoms with Gasteiger partial charge in [0.05, 0.1) is 37.0 Å². The summed E-state index contributed by atoms with van der Waals surface area (Å²) in [6, 6.07) is -5.23. The van der Waals surface area contributed by atoms with E-state index in [0.29, 0.717) is 70.4 Å². The molecule has 0 radical (unpaired) electrons. The van der Waals surface area contributed by atoms with E-state index in [4.69, 9.17) is 28.3 Å². The highest BCUT2D eigenvalue weighted by Crippen LogP contribution is 2.31. The Morgan fingerprint density at radius 3 is 1.66 bits per heavy atom. The Bertz CT molecular complexity index is 5080. The Hall–Kier alpha value is -13.0. The number of aliphatic hydroxyl groups excluding tert-OH is 2. The lowest BCUT2D eigenvalue weighted by Crippen LogP contribution is -2.62. The molecular weight excluding hydrogens is 1780 g/mol. The van der Waals surface area contributed by atoms with Gasteiger partial charge in [-0.15, -0.1) is 11.8 Å². The summed E-state index contributed by atoms with van der Waals surface area (Å²) in [5.74, 6) is -19.2. The summed E-state index contributed by atoms with van der Waals surface area (Å²) in [4.78, 5) is 260. The number of aliphatic hydroxyl groups is 2. The number of hydrogen-bond acceptors (Lipinski definition) is 22. The van der Waals surface area contributed by atoms with E-state index >= 15 is 33.6 Å². The number of nitrogens with zero attached hydrogens (tertiary/aromatic N) is 5. The maximum absolute atomic E-state index is 15.7. The van der Waals surface area contributed by atoms with Crippen LogP contribution in [0.25, 0.3) is 21.8 Å². The number of primary amides is 2. The van der Waals surface area contributed by atoms with Crippen LogP contribution in [-0.4, -0.2) is 314 Å². The van der Waals surface area contributed by atoms with E-state index in [1.807, 2.05) is 6.92 Å². The van der Waals surface area contributed by atoms with Crippen molar-refractivity contribution in [3.05, 3.63) is 107 Å². The number of rotatable bonds is 25. The van der Waals surface area contributed by atoms with Gasteiger partial charge in [-0.2, -0.15) is 13.2 Å². The highest BCUT2D eigenvalue weighted by Gasteiger charge is 2.47. The molecule has 3 aliphatic rings. The van der Waals surface area contributed by atoms with Crippen molar-refractivity contribution in [3.8, 4) is 0 Å². The molecule has 5 heterocycles. The molecule has 3 aromatic carbocycles. The summed E-state index contributed by atoms with van der Waals surface area (Å²) in [6.07, 6.45) is -4.32. The third kappa shape index (κ3) is 30.0. The normalized spacial score (nSPS) is 24.9. The van der Waals surface area contributed by atoms with Gasteiger partial charge >= 0.3 is 6.18 Å². The molecule has 2 aromatic heterocycles. The van der Waals surface area contributed by atoms with Crippen molar-refractivity contribution in [2.45, 2.75) is 234 Å². The summed E-state index contributed by atoms with van der Waals surface area (Å²) in [7, 11) is 3.74. The number of likely N-dealkylation sites (N-methyl/N-ethyl adjacent to an activating group) is 3. The zero-order valence-electron chi connectivity index (χ0n) is 76.7. The first-order chi connectivity index (χ1) is 64.0. The van der Waals surface area contributed by atoms with Crippen molar-refractivity contribution in [1.29, 1.82) is 5.41 Å². The van der Waals surface area contributed by atoms with Crippen molar-refractivity contribution >= 4 is 140 Å². The average Bonchev–Trinajstić information content (AvgIpc) is 1.71. The van der Waals surface area contributed by atoms with Gasteiger partial charge in [0.1, 0.15) is 84.6 Å². The van der Waals surface area contributed by atoms with Crippen molar-refractivity contribution in [1.82, 2.24) is 93.0 Å². The van der Waals surface area contributed by atoms with Crippen LogP contribution in [0.1, 0.15) is 140 Å². The first kappa shape index (κ1) is 107. The van der Waals surface area contributed by atoms with Crippen LogP contribution in [0.5, 0.6) is 0 Å². The number of amides is 17. The van der Waals surface area contributed by atoms with E-state index < -0.39 is 266 Å². The van der Waals surface area contributed by atoms with Gasteiger partial charge in [-0.05, 0) is 98.7 Å². The smallest absolute Gasteiger partial charge is 0.394 e. The number of carbonyl (C=O) groups is 17. The Morgan fingerprint density at radius 1 is 0.556 bits per heavy atom. The lowest BCUT2D eigenvalue weighted by atomic mass is 10.00. The Kier molecular flexibility index (Phi) is 40.1. The van der Waals surface area contributed by atoms with Crippen LogP contribution in [-0.2, 0) is 107 Å². The Morgan fingerprint density at radius 2 is 1.07 bits per heavy atom. The Labute approximate surface area is 782 Å². The van der Waals surface area contributed by atoms with Gasteiger partial charge < -0.3 is 126 Å². The van der Waals surface area contributed by atoms with Crippen molar-refractivity contribution in [2.24, 2.45) is 28.9 Å². The van der Waals surface area contributed by atoms with Crippen molar-refractivity contribution in [2.75, 3.05) is 72.0 Å². The summed E-state index contributed by atoms with van der Waals surface area (Å²) in [5.41, 5.74) is 24.0. The molecule has 135 heavy (non-hydrogen) atoms. The molecule has 0 spiro atoms. The zero-order valence-corrected chi connectivity index (χ0v) is 77.5. The fourth-order valence-corrected chi connectivity index (χ4v) is 17.2. The molecule has 738 valence electrons. The second-order valence-corrected chi connectivity index (χ2v) is 35.5. The van der Waals surface area contributed by atoms with Crippen LogP contribution < -0.4 is 81.4 Å².